The number of fused-ring (bicyclic) bond motifs is 1. The minimum Gasteiger partial charge on any atom is -0.323 e. The van der Waals surface area contributed by atoms with Crippen molar-refractivity contribution in [3.63, 3.8) is 0 Å². The normalized spacial score (nSPS) is 10.8. The first-order chi connectivity index (χ1) is 9.15. The van der Waals surface area contributed by atoms with E-state index in [1.807, 2.05) is 43.6 Å². The Balaban J connectivity index is 1.95. The van der Waals surface area contributed by atoms with Gasteiger partial charge in [0, 0.05) is 12.4 Å². The Morgan fingerprint density at radius 3 is 2.79 bits per heavy atom. The van der Waals surface area contributed by atoms with Crippen molar-refractivity contribution in [3.8, 4) is 0 Å². The molecule has 0 radical (unpaired) electrons. The third-order valence-corrected chi connectivity index (χ3v) is 3.71. The number of nitrogens with one attached hydrogen (secondary N) is 1. The molecule has 3 rings (SSSR count). The van der Waals surface area contributed by atoms with Crippen LogP contribution in [0, 0.1) is 6.92 Å². The number of aromatic nitrogens is 3. The molecule has 96 valence electrons. The summed E-state index contributed by atoms with van der Waals surface area (Å²) in [4.78, 5) is 20.7. The van der Waals surface area contributed by atoms with Crippen LogP contribution in [-0.4, -0.2) is 20.4 Å². The zero-order valence-electron chi connectivity index (χ0n) is 10.5. The largest absolute Gasteiger partial charge is 0.323 e. The number of aryl methyl sites for hydroxylation is 2. The monoisotopic (exact) mass is 272 g/mol. The van der Waals surface area contributed by atoms with Crippen LogP contribution in [0.25, 0.3) is 11.0 Å². The SMILES string of the molecule is Cc1csc(NC(=O)c2nc3ccccc3n2C)n1. The van der Waals surface area contributed by atoms with Crippen LogP contribution < -0.4 is 5.32 Å². The predicted octanol–water partition coefficient (Wildman–Crippen LogP) is 2.59. The summed E-state index contributed by atoms with van der Waals surface area (Å²) in [6.07, 6.45) is 0. The van der Waals surface area contributed by atoms with E-state index in [2.05, 4.69) is 15.3 Å². The summed E-state index contributed by atoms with van der Waals surface area (Å²) in [6, 6.07) is 7.66. The molecule has 0 aliphatic heterocycles. The smallest absolute Gasteiger partial charge is 0.293 e. The van der Waals surface area contributed by atoms with E-state index < -0.39 is 0 Å². The van der Waals surface area contributed by atoms with Gasteiger partial charge in [-0.2, -0.15) is 0 Å². The second kappa shape index (κ2) is 4.47. The summed E-state index contributed by atoms with van der Waals surface area (Å²) in [5.74, 6) is 0.141. The van der Waals surface area contributed by atoms with Crippen molar-refractivity contribution < 1.29 is 4.79 Å². The van der Waals surface area contributed by atoms with Crippen LogP contribution in [0.5, 0.6) is 0 Å². The number of para-hydroxylation sites is 2. The number of rotatable bonds is 2. The molecule has 0 atom stereocenters. The lowest BCUT2D eigenvalue weighted by Crippen LogP contribution is -2.16. The van der Waals surface area contributed by atoms with Crippen molar-refractivity contribution in [2.75, 3.05) is 5.32 Å². The third kappa shape index (κ3) is 2.10. The molecule has 0 aliphatic rings. The van der Waals surface area contributed by atoms with Crippen molar-refractivity contribution in [2.45, 2.75) is 6.92 Å². The lowest BCUT2D eigenvalue weighted by molar-refractivity contribution is 0.101. The van der Waals surface area contributed by atoms with Crippen LogP contribution in [0.15, 0.2) is 29.6 Å². The highest BCUT2D eigenvalue weighted by atomic mass is 32.1. The van der Waals surface area contributed by atoms with E-state index in [4.69, 9.17) is 0 Å². The molecule has 0 saturated carbocycles. The van der Waals surface area contributed by atoms with Gasteiger partial charge in [0.1, 0.15) is 0 Å². The number of benzene rings is 1. The Morgan fingerprint density at radius 1 is 1.32 bits per heavy atom. The van der Waals surface area contributed by atoms with Crippen molar-refractivity contribution in [3.05, 3.63) is 41.2 Å². The van der Waals surface area contributed by atoms with Gasteiger partial charge in [-0.05, 0) is 19.1 Å². The zero-order valence-corrected chi connectivity index (χ0v) is 11.4. The van der Waals surface area contributed by atoms with Crippen molar-refractivity contribution in [1.29, 1.82) is 0 Å². The van der Waals surface area contributed by atoms with Gasteiger partial charge in [-0.25, -0.2) is 9.97 Å². The van der Waals surface area contributed by atoms with Gasteiger partial charge in [-0.1, -0.05) is 12.1 Å². The lowest BCUT2D eigenvalue weighted by Gasteiger charge is -2.01. The van der Waals surface area contributed by atoms with Gasteiger partial charge in [0.15, 0.2) is 11.0 Å². The molecule has 0 unspecified atom stereocenters. The van der Waals surface area contributed by atoms with Gasteiger partial charge in [0.2, 0.25) is 0 Å². The molecule has 0 bridgehead atoms. The molecule has 0 spiro atoms. The second-order valence-corrected chi connectivity index (χ2v) is 5.09. The molecule has 2 heterocycles. The molecule has 6 heteroatoms. The Kier molecular flexibility index (Phi) is 2.79. The van der Waals surface area contributed by atoms with Crippen LogP contribution >= 0.6 is 11.3 Å². The van der Waals surface area contributed by atoms with Gasteiger partial charge in [-0.15, -0.1) is 11.3 Å². The predicted molar refractivity (Wildman–Crippen MR) is 75.5 cm³/mol. The number of imidazole rings is 1. The average Bonchev–Trinajstić information content (AvgIpc) is 2.94. The number of carbonyl (C=O) groups excluding carboxylic acids is 1. The molecular weight excluding hydrogens is 260 g/mol. The molecular formula is C13H12N4OS. The van der Waals surface area contributed by atoms with Gasteiger partial charge in [0.25, 0.3) is 5.91 Å². The number of hydrogen-bond donors (Lipinski definition) is 1. The van der Waals surface area contributed by atoms with Gasteiger partial charge in [0.05, 0.1) is 16.7 Å². The highest BCUT2D eigenvalue weighted by Crippen LogP contribution is 2.18. The fourth-order valence-electron chi connectivity index (χ4n) is 1.91. The molecule has 0 fully saturated rings. The summed E-state index contributed by atoms with van der Waals surface area (Å²) in [5.41, 5.74) is 2.64. The van der Waals surface area contributed by atoms with Crippen LogP contribution in [-0.2, 0) is 7.05 Å². The molecule has 1 aromatic carbocycles. The van der Waals surface area contributed by atoms with Gasteiger partial charge < -0.3 is 4.57 Å². The van der Waals surface area contributed by atoms with Crippen molar-refractivity contribution in [2.24, 2.45) is 7.05 Å². The fraction of sp³-hybridized carbons (Fsp3) is 0.154. The molecule has 5 nitrogen and oxygen atoms in total. The molecule has 2 aromatic heterocycles. The van der Waals surface area contributed by atoms with Crippen LogP contribution in [0.2, 0.25) is 0 Å². The quantitative estimate of drug-likeness (QED) is 0.780. The first kappa shape index (κ1) is 11.9. The standard InChI is InChI=1S/C13H12N4OS/c1-8-7-19-13(14-8)16-12(18)11-15-9-5-3-4-6-10(9)17(11)2/h3-7H,1-2H3,(H,14,16,18). The Morgan fingerprint density at radius 2 is 2.11 bits per heavy atom. The number of hydrogen-bond acceptors (Lipinski definition) is 4. The number of nitrogens with zero attached hydrogens (tertiary/aromatic N) is 3. The van der Waals surface area contributed by atoms with Crippen LogP contribution in [0.4, 0.5) is 5.13 Å². The molecule has 0 aliphatic carbocycles. The second-order valence-electron chi connectivity index (χ2n) is 4.23. The van der Waals surface area contributed by atoms with E-state index in [0.29, 0.717) is 11.0 Å². The molecule has 1 amide bonds. The zero-order chi connectivity index (χ0) is 13.4. The van der Waals surface area contributed by atoms with E-state index in [-0.39, 0.29) is 5.91 Å². The maximum Gasteiger partial charge on any atom is 0.293 e. The van der Waals surface area contributed by atoms with Crippen LogP contribution in [0.1, 0.15) is 16.3 Å². The minimum atomic E-state index is -0.243. The summed E-state index contributed by atoms with van der Waals surface area (Å²) in [5, 5.41) is 5.25. The minimum absolute atomic E-state index is 0.243. The third-order valence-electron chi connectivity index (χ3n) is 2.83. The maximum absolute atomic E-state index is 12.2. The topological polar surface area (TPSA) is 59.8 Å². The van der Waals surface area contributed by atoms with E-state index in [1.54, 1.807) is 4.57 Å². The van der Waals surface area contributed by atoms with Gasteiger partial charge >= 0.3 is 0 Å². The maximum atomic E-state index is 12.2. The number of amides is 1. The number of anilines is 1. The van der Waals surface area contributed by atoms with E-state index >= 15 is 0 Å². The van der Waals surface area contributed by atoms with E-state index in [0.717, 1.165) is 16.7 Å². The Hall–Kier alpha value is -2.21. The Labute approximate surface area is 113 Å². The summed E-state index contributed by atoms with van der Waals surface area (Å²) in [6.45, 7) is 1.89. The van der Waals surface area contributed by atoms with Gasteiger partial charge in [-0.3, -0.25) is 10.1 Å². The first-order valence-corrected chi connectivity index (χ1v) is 6.68. The Bertz CT molecular complexity index is 759. The molecule has 3 aromatic rings. The summed E-state index contributed by atoms with van der Waals surface area (Å²) < 4.78 is 1.78. The summed E-state index contributed by atoms with van der Waals surface area (Å²) >= 11 is 1.41. The number of carbonyl (C=O) groups is 1. The van der Waals surface area contributed by atoms with Crippen molar-refractivity contribution in [1.82, 2.24) is 14.5 Å². The first-order valence-electron chi connectivity index (χ1n) is 5.80. The number of thiazole rings is 1. The van der Waals surface area contributed by atoms with E-state index in [1.165, 1.54) is 11.3 Å². The fourth-order valence-corrected chi connectivity index (χ4v) is 2.60. The average molecular weight is 272 g/mol. The van der Waals surface area contributed by atoms with Crippen LogP contribution in [0.3, 0.4) is 0 Å². The summed E-state index contributed by atoms with van der Waals surface area (Å²) in [7, 11) is 1.83. The van der Waals surface area contributed by atoms with Crippen molar-refractivity contribution >= 4 is 33.4 Å². The van der Waals surface area contributed by atoms with E-state index in [9.17, 15) is 4.79 Å². The highest BCUT2D eigenvalue weighted by Gasteiger charge is 2.16. The highest BCUT2D eigenvalue weighted by molar-refractivity contribution is 7.13. The molecule has 0 saturated heterocycles. The lowest BCUT2D eigenvalue weighted by atomic mass is 10.3. The molecule has 1 N–H and O–H groups in total. The molecule has 19 heavy (non-hydrogen) atoms.